The molecule has 1 N–H and O–H groups in total. The third kappa shape index (κ3) is 1.82. The third-order valence-corrected chi connectivity index (χ3v) is 4.94. The molecule has 18 heavy (non-hydrogen) atoms. The number of anilines is 1. The van der Waals surface area contributed by atoms with Crippen LogP contribution in [0.3, 0.4) is 0 Å². The molecule has 2 aliphatic heterocycles. The second-order valence-corrected chi connectivity index (χ2v) is 6.20. The molecule has 2 aliphatic rings. The van der Waals surface area contributed by atoms with Gasteiger partial charge < -0.3 is 15.0 Å². The lowest BCUT2D eigenvalue weighted by atomic mass is 10.00. The third-order valence-electron chi connectivity index (χ3n) is 3.65. The molecule has 0 spiro atoms. The van der Waals surface area contributed by atoms with E-state index in [4.69, 9.17) is 4.74 Å². The normalized spacial score (nSPS) is 19.3. The molecule has 1 fully saturated rings. The van der Waals surface area contributed by atoms with E-state index in [1.165, 1.54) is 17.6 Å². The van der Waals surface area contributed by atoms with Gasteiger partial charge in [-0.05, 0) is 24.4 Å². The maximum absolute atomic E-state index is 12.0. The number of nitrogens with one attached hydrogen (secondary N) is 1. The fraction of sp³-hybridized carbons (Fsp3) is 0.615. The highest BCUT2D eigenvalue weighted by molar-refractivity contribution is 7.16. The number of nitrogens with zero attached hydrogens (tertiary/aromatic N) is 1. The van der Waals surface area contributed by atoms with Crippen molar-refractivity contribution in [3.05, 3.63) is 16.0 Å². The Morgan fingerprint density at radius 2 is 2.28 bits per heavy atom. The van der Waals surface area contributed by atoms with Gasteiger partial charge in [0.05, 0.1) is 12.7 Å². The van der Waals surface area contributed by atoms with E-state index < -0.39 is 0 Å². The van der Waals surface area contributed by atoms with Crippen LogP contribution in [-0.4, -0.2) is 32.7 Å². The molecule has 0 aromatic carbocycles. The lowest BCUT2D eigenvalue weighted by molar-refractivity contribution is 0.0600. The molecule has 0 bridgehead atoms. The molecule has 3 rings (SSSR count). The van der Waals surface area contributed by atoms with Gasteiger partial charge in [0.2, 0.25) is 0 Å². The summed E-state index contributed by atoms with van der Waals surface area (Å²) in [4.78, 5) is 15.6. The molecule has 3 heterocycles. The Morgan fingerprint density at radius 3 is 2.94 bits per heavy atom. The van der Waals surface area contributed by atoms with Crippen molar-refractivity contribution in [3.8, 4) is 0 Å². The molecule has 0 saturated carbocycles. The van der Waals surface area contributed by atoms with E-state index in [-0.39, 0.29) is 5.97 Å². The molecule has 0 radical (unpaired) electrons. The number of ether oxygens (including phenoxy) is 1. The van der Waals surface area contributed by atoms with Crippen molar-refractivity contribution in [2.45, 2.75) is 19.9 Å². The number of carbonyl (C=O) groups is 1. The van der Waals surface area contributed by atoms with Gasteiger partial charge in [0.1, 0.15) is 5.00 Å². The second-order valence-electron chi connectivity index (χ2n) is 5.11. The predicted octanol–water partition coefficient (Wildman–Crippen LogP) is 1.64. The number of hydrogen-bond acceptors (Lipinski definition) is 5. The van der Waals surface area contributed by atoms with Crippen molar-refractivity contribution in [2.75, 3.05) is 31.6 Å². The van der Waals surface area contributed by atoms with E-state index in [1.54, 1.807) is 11.3 Å². The largest absolute Gasteiger partial charge is 0.465 e. The summed E-state index contributed by atoms with van der Waals surface area (Å²) in [7, 11) is 1.47. The first kappa shape index (κ1) is 12.0. The SMILES string of the molecule is COC(=O)c1c(N2CC(C)C2)sc2c1CCNC2. The molecule has 1 saturated heterocycles. The van der Waals surface area contributed by atoms with E-state index in [0.717, 1.165) is 49.1 Å². The monoisotopic (exact) mass is 266 g/mol. The van der Waals surface area contributed by atoms with Crippen LogP contribution < -0.4 is 10.2 Å². The summed E-state index contributed by atoms with van der Waals surface area (Å²) in [5.74, 6) is 0.553. The lowest BCUT2D eigenvalue weighted by Gasteiger charge is -2.38. The summed E-state index contributed by atoms with van der Waals surface area (Å²) < 4.78 is 4.97. The van der Waals surface area contributed by atoms with Crippen molar-refractivity contribution in [1.82, 2.24) is 5.32 Å². The second kappa shape index (κ2) is 4.55. The quantitative estimate of drug-likeness (QED) is 0.826. The van der Waals surface area contributed by atoms with Gasteiger partial charge in [0.15, 0.2) is 0 Å². The fourth-order valence-electron chi connectivity index (χ4n) is 2.72. The van der Waals surface area contributed by atoms with Crippen LogP contribution in [0.5, 0.6) is 0 Å². The van der Waals surface area contributed by atoms with E-state index >= 15 is 0 Å². The minimum atomic E-state index is -0.177. The first-order valence-corrected chi connectivity index (χ1v) is 7.21. The molecule has 1 aromatic rings. The maximum atomic E-state index is 12.0. The average Bonchev–Trinajstić information content (AvgIpc) is 2.72. The van der Waals surface area contributed by atoms with Gasteiger partial charge >= 0.3 is 5.97 Å². The summed E-state index contributed by atoms with van der Waals surface area (Å²) in [5.41, 5.74) is 2.03. The van der Waals surface area contributed by atoms with Gasteiger partial charge in [-0.1, -0.05) is 6.92 Å². The molecule has 98 valence electrons. The van der Waals surface area contributed by atoms with E-state index in [9.17, 15) is 4.79 Å². The van der Waals surface area contributed by atoms with Crippen LogP contribution in [0.15, 0.2) is 0 Å². The lowest BCUT2D eigenvalue weighted by Crippen LogP contribution is -2.45. The van der Waals surface area contributed by atoms with Crippen LogP contribution in [0.4, 0.5) is 5.00 Å². The van der Waals surface area contributed by atoms with Crippen LogP contribution in [0, 0.1) is 5.92 Å². The van der Waals surface area contributed by atoms with Crippen LogP contribution in [0.2, 0.25) is 0 Å². The Labute approximate surface area is 111 Å². The first-order valence-electron chi connectivity index (χ1n) is 6.39. The maximum Gasteiger partial charge on any atom is 0.341 e. The number of esters is 1. The highest BCUT2D eigenvalue weighted by atomic mass is 32.1. The molecule has 0 aliphatic carbocycles. The Morgan fingerprint density at radius 1 is 1.50 bits per heavy atom. The van der Waals surface area contributed by atoms with E-state index in [1.807, 2.05) is 0 Å². The van der Waals surface area contributed by atoms with E-state index in [0.29, 0.717) is 0 Å². The summed E-state index contributed by atoms with van der Waals surface area (Å²) in [6.45, 7) is 6.17. The topological polar surface area (TPSA) is 41.6 Å². The summed E-state index contributed by atoms with van der Waals surface area (Å²) >= 11 is 1.75. The first-order chi connectivity index (χ1) is 8.70. The minimum Gasteiger partial charge on any atom is -0.465 e. The Hall–Kier alpha value is -1.07. The van der Waals surface area contributed by atoms with Gasteiger partial charge in [-0.25, -0.2) is 4.79 Å². The average molecular weight is 266 g/mol. The van der Waals surface area contributed by atoms with Crippen LogP contribution in [0.25, 0.3) is 0 Å². The molecule has 5 heteroatoms. The Bertz CT molecular complexity index is 478. The number of carbonyl (C=O) groups excluding carboxylic acids is 1. The van der Waals surface area contributed by atoms with Gasteiger partial charge in [0.25, 0.3) is 0 Å². The van der Waals surface area contributed by atoms with Gasteiger partial charge in [0, 0.05) is 24.5 Å². The van der Waals surface area contributed by atoms with Gasteiger partial charge in [-0.3, -0.25) is 0 Å². The number of fused-ring (bicyclic) bond motifs is 1. The molecule has 0 unspecified atom stereocenters. The number of rotatable bonds is 2. The van der Waals surface area contributed by atoms with Crippen LogP contribution in [0.1, 0.15) is 27.7 Å². The van der Waals surface area contributed by atoms with Gasteiger partial charge in [-0.2, -0.15) is 0 Å². The van der Waals surface area contributed by atoms with Crippen LogP contribution >= 0.6 is 11.3 Å². The Kier molecular flexibility index (Phi) is 3.03. The highest BCUT2D eigenvalue weighted by Crippen LogP contribution is 2.40. The number of hydrogen-bond donors (Lipinski definition) is 1. The van der Waals surface area contributed by atoms with Gasteiger partial charge in [-0.15, -0.1) is 11.3 Å². The molecule has 1 aromatic heterocycles. The number of methoxy groups -OCH3 is 1. The summed E-state index contributed by atoms with van der Waals surface area (Å²) in [6, 6.07) is 0. The summed E-state index contributed by atoms with van der Waals surface area (Å²) in [6.07, 6.45) is 0.930. The predicted molar refractivity (Wildman–Crippen MR) is 72.4 cm³/mol. The Balaban J connectivity index is 2.01. The molecular weight excluding hydrogens is 248 g/mol. The zero-order valence-electron chi connectivity index (χ0n) is 10.8. The number of thiophene rings is 1. The summed E-state index contributed by atoms with van der Waals surface area (Å²) in [5, 5.41) is 4.48. The minimum absolute atomic E-state index is 0.177. The zero-order chi connectivity index (χ0) is 12.7. The molecule has 0 atom stereocenters. The van der Waals surface area contributed by atoms with Crippen molar-refractivity contribution < 1.29 is 9.53 Å². The molecular formula is C13H18N2O2S. The smallest absolute Gasteiger partial charge is 0.341 e. The standard InChI is InChI=1S/C13H18N2O2S/c1-8-6-15(7-8)12-11(13(16)17-2)9-3-4-14-5-10(9)18-12/h8,14H,3-7H2,1-2H3. The van der Waals surface area contributed by atoms with E-state index in [2.05, 4.69) is 17.1 Å². The van der Waals surface area contributed by atoms with Crippen molar-refractivity contribution in [3.63, 3.8) is 0 Å². The fourth-order valence-corrected chi connectivity index (χ4v) is 4.04. The molecule has 4 nitrogen and oxygen atoms in total. The highest BCUT2D eigenvalue weighted by Gasteiger charge is 2.32. The zero-order valence-corrected chi connectivity index (χ0v) is 11.6. The van der Waals surface area contributed by atoms with Crippen molar-refractivity contribution >= 4 is 22.3 Å². The molecule has 0 amide bonds. The van der Waals surface area contributed by atoms with Crippen molar-refractivity contribution in [1.29, 1.82) is 0 Å². The van der Waals surface area contributed by atoms with Crippen molar-refractivity contribution in [2.24, 2.45) is 5.92 Å². The van der Waals surface area contributed by atoms with Crippen LogP contribution in [-0.2, 0) is 17.7 Å².